The van der Waals surface area contributed by atoms with Crippen molar-refractivity contribution in [3.8, 4) is 0 Å². The molecule has 106 valence electrons. The standard InChI is InChI=1S/C15H31N3/c1-13-11-18(8-5-14(13)16-3)12-15(2)6-9-17(4)10-7-15/h13-14,16H,5-12H2,1-4H3. The van der Waals surface area contributed by atoms with Crippen molar-refractivity contribution in [1.82, 2.24) is 15.1 Å². The molecule has 3 heteroatoms. The van der Waals surface area contributed by atoms with Gasteiger partial charge < -0.3 is 15.1 Å². The van der Waals surface area contributed by atoms with E-state index in [0.717, 1.165) is 12.0 Å². The zero-order valence-corrected chi connectivity index (χ0v) is 12.7. The Morgan fingerprint density at radius 3 is 2.44 bits per heavy atom. The Labute approximate surface area is 113 Å². The summed E-state index contributed by atoms with van der Waals surface area (Å²) in [4.78, 5) is 5.18. The third kappa shape index (κ3) is 3.46. The lowest BCUT2D eigenvalue weighted by molar-refractivity contribution is 0.0579. The summed E-state index contributed by atoms with van der Waals surface area (Å²) in [6.45, 7) is 11.3. The molecule has 0 saturated carbocycles. The average Bonchev–Trinajstić information content (AvgIpc) is 2.34. The van der Waals surface area contributed by atoms with Crippen LogP contribution in [0, 0.1) is 11.3 Å². The van der Waals surface area contributed by atoms with Gasteiger partial charge in [-0.3, -0.25) is 0 Å². The number of nitrogens with zero attached hydrogens (tertiary/aromatic N) is 2. The number of hydrogen-bond donors (Lipinski definition) is 1. The lowest BCUT2D eigenvalue weighted by atomic mass is 9.79. The minimum Gasteiger partial charge on any atom is -0.317 e. The molecule has 2 aliphatic rings. The van der Waals surface area contributed by atoms with E-state index in [1.807, 2.05) is 0 Å². The molecular formula is C15H31N3. The fraction of sp³-hybridized carbons (Fsp3) is 1.00. The SMILES string of the molecule is CNC1CCN(CC2(C)CCN(C)CC2)CC1C. The maximum atomic E-state index is 3.46. The molecule has 2 saturated heterocycles. The summed E-state index contributed by atoms with van der Waals surface area (Å²) in [5.74, 6) is 0.790. The van der Waals surface area contributed by atoms with Gasteiger partial charge >= 0.3 is 0 Å². The normalized spacial score (nSPS) is 34.7. The fourth-order valence-corrected chi connectivity index (χ4v) is 3.66. The van der Waals surface area contributed by atoms with Gasteiger partial charge in [-0.15, -0.1) is 0 Å². The smallest absolute Gasteiger partial charge is 0.0114 e. The van der Waals surface area contributed by atoms with Gasteiger partial charge in [0.2, 0.25) is 0 Å². The minimum atomic E-state index is 0.554. The summed E-state index contributed by atoms with van der Waals surface area (Å²) in [5, 5.41) is 3.46. The minimum absolute atomic E-state index is 0.554. The van der Waals surface area contributed by atoms with Crippen LogP contribution < -0.4 is 5.32 Å². The number of likely N-dealkylation sites (tertiary alicyclic amines) is 2. The van der Waals surface area contributed by atoms with E-state index in [9.17, 15) is 0 Å². The summed E-state index contributed by atoms with van der Waals surface area (Å²) in [5.41, 5.74) is 0.554. The molecule has 2 unspecified atom stereocenters. The van der Waals surface area contributed by atoms with Gasteiger partial charge in [-0.05, 0) is 64.3 Å². The van der Waals surface area contributed by atoms with Crippen LogP contribution in [0.4, 0.5) is 0 Å². The van der Waals surface area contributed by atoms with E-state index in [1.54, 1.807) is 0 Å². The lowest BCUT2D eigenvalue weighted by Gasteiger charge is -2.44. The first-order chi connectivity index (χ1) is 8.52. The van der Waals surface area contributed by atoms with Crippen LogP contribution in [0.15, 0.2) is 0 Å². The molecule has 2 heterocycles. The zero-order chi connectivity index (χ0) is 13.2. The Morgan fingerprint density at radius 1 is 1.22 bits per heavy atom. The first-order valence-electron chi connectivity index (χ1n) is 7.60. The van der Waals surface area contributed by atoms with Crippen molar-refractivity contribution < 1.29 is 0 Å². The largest absolute Gasteiger partial charge is 0.317 e. The predicted octanol–water partition coefficient (Wildman–Crippen LogP) is 1.65. The highest BCUT2D eigenvalue weighted by atomic mass is 15.2. The van der Waals surface area contributed by atoms with Crippen molar-refractivity contribution in [3.63, 3.8) is 0 Å². The van der Waals surface area contributed by atoms with Gasteiger partial charge in [0, 0.05) is 19.1 Å². The van der Waals surface area contributed by atoms with Crippen molar-refractivity contribution in [3.05, 3.63) is 0 Å². The van der Waals surface area contributed by atoms with E-state index in [2.05, 4.69) is 43.1 Å². The highest BCUT2D eigenvalue weighted by Gasteiger charge is 2.33. The van der Waals surface area contributed by atoms with E-state index in [0.29, 0.717) is 5.41 Å². The Kier molecular flexibility index (Phi) is 4.68. The molecule has 0 aromatic rings. The van der Waals surface area contributed by atoms with Crippen molar-refractivity contribution >= 4 is 0 Å². The van der Waals surface area contributed by atoms with Gasteiger partial charge in [0.25, 0.3) is 0 Å². The molecule has 0 aliphatic carbocycles. The van der Waals surface area contributed by atoms with Crippen LogP contribution in [0.25, 0.3) is 0 Å². The molecule has 2 atom stereocenters. The Morgan fingerprint density at radius 2 is 1.89 bits per heavy atom. The molecule has 0 aromatic heterocycles. The van der Waals surface area contributed by atoms with E-state index < -0.39 is 0 Å². The van der Waals surface area contributed by atoms with Gasteiger partial charge in [0.1, 0.15) is 0 Å². The fourth-order valence-electron chi connectivity index (χ4n) is 3.66. The van der Waals surface area contributed by atoms with E-state index >= 15 is 0 Å². The zero-order valence-electron chi connectivity index (χ0n) is 12.7. The van der Waals surface area contributed by atoms with Crippen LogP contribution in [0.5, 0.6) is 0 Å². The van der Waals surface area contributed by atoms with Gasteiger partial charge in [-0.1, -0.05) is 13.8 Å². The molecular weight excluding hydrogens is 222 g/mol. The maximum absolute atomic E-state index is 3.46. The third-order valence-corrected chi connectivity index (χ3v) is 5.16. The molecule has 0 aromatic carbocycles. The average molecular weight is 253 g/mol. The second kappa shape index (κ2) is 5.89. The van der Waals surface area contributed by atoms with Crippen LogP contribution in [-0.2, 0) is 0 Å². The number of piperidine rings is 2. The van der Waals surface area contributed by atoms with Crippen LogP contribution in [0.3, 0.4) is 0 Å². The topological polar surface area (TPSA) is 18.5 Å². The predicted molar refractivity (Wildman–Crippen MR) is 77.9 cm³/mol. The summed E-state index contributed by atoms with van der Waals surface area (Å²) in [6.07, 6.45) is 4.04. The monoisotopic (exact) mass is 253 g/mol. The summed E-state index contributed by atoms with van der Waals surface area (Å²) < 4.78 is 0. The van der Waals surface area contributed by atoms with Crippen molar-refractivity contribution in [2.24, 2.45) is 11.3 Å². The van der Waals surface area contributed by atoms with Crippen molar-refractivity contribution in [2.75, 3.05) is 46.8 Å². The molecule has 0 radical (unpaired) electrons. The quantitative estimate of drug-likeness (QED) is 0.825. The van der Waals surface area contributed by atoms with E-state index in [4.69, 9.17) is 0 Å². The maximum Gasteiger partial charge on any atom is 0.0114 e. The van der Waals surface area contributed by atoms with Crippen LogP contribution in [-0.4, -0.2) is 62.7 Å². The second-order valence-corrected chi connectivity index (χ2v) is 7.01. The summed E-state index contributed by atoms with van der Waals surface area (Å²) >= 11 is 0. The van der Waals surface area contributed by atoms with Gasteiger partial charge in [0.15, 0.2) is 0 Å². The van der Waals surface area contributed by atoms with Crippen molar-refractivity contribution in [1.29, 1.82) is 0 Å². The van der Waals surface area contributed by atoms with Gasteiger partial charge in [0.05, 0.1) is 0 Å². The van der Waals surface area contributed by atoms with Gasteiger partial charge in [-0.2, -0.15) is 0 Å². The highest BCUT2D eigenvalue weighted by molar-refractivity contribution is 4.88. The molecule has 2 fully saturated rings. The van der Waals surface area contributed by atoms with Crippen LogP contribution >= 0.6 is 0 Å². The molecule has 2 rings (SSSR count). The van der Waals surface area contributed by atoms with Crippen LogP contribution in [0.2, 0.25) is 0 Å². The molecule has 0 amide bonds. The number of rotatable bonds is 3. The first kappa shape index (κ1) is 14.3. The van der Waals surface area contributed by atoms with E-state index in [1.165, 1.54) is 52.0 Å². The Hall–Kier alpha value is -0.120. The number of nitrogens with one attached hydrogen (secondary N) is 1. The molecule has 18 heavy (non-hydrogen) atoms. The Bertz CT molecular complexity index is 258. The molecule has 1 N–H and O–H groups in total. The third-order valence-electron chi connectivity index (χ3n) is 5.16. The Balaban J connectivity index is 1.83. The van der Waals surface area contributed by atoms with Gasteiger partial charge in [-0.25, -0.2) is 0 Å². The second-order valence-electron chi connectivity index (χ2n) is 7.01. The summed E-state index contributed by atoms with van der Waals surface area (Å²) in [7, 11) is 4.36. The number of hydrogen-bond acceptors (Lipinski definition) is 3. The van der Waals surface area contributed by atoms with Crippen molar-refractivity contribution in [2.45, 2.75) is 39.2 Å². The molecule has 0 bridgehead atoms. The summed E-state index contributed by atoms with van der Waals surface area (Å²) in [6, 6.07) is 0.728. The van der Waals surface area contributed by atoms with Crippen LogP contribution in [0.1, 0.15) is 33.1 Å². The lowest BCUT2D eigenvalue weighted by Crippen LogP contribution is -2.51. The molecule has 2 aliphatic heterocycles. The molecule has 3 nitrogen and oxygen atoms in total. The van der Waals surface area contributed by atoms with E-state index in [-0.39, 0.29) is 0 Å². The molecule has 0 spiro atoms. The first-order valence-corrected chi connectivity index (χ1v) is 7.60. The highest BCUT2D eigenvalue weighted by Crippen LogP contribution is 2.32.